The molecule has 2 nitrogen and oxygen atoms in total. The molecule has 0 bridgehead atoms. The summed E-state index contributed by atoms with van der Waals surface area (Å²) in [5.74, 6) is 0. The van der Waals surface area contributed by atoms with E-state index in [4.69, 9.17) is 0 Å². The highest BCUT2D eigenvalue weighted by molar-refractivity contribution is 9.10. The molecule has 0 fully saturated rings. The van der Waals surface area contributed by atoms with Crippen LogP contribution in [0.5, 0.6) is 0 Å². The summed E-state index contributed by atoms with van der Waals surface area (Å²) in [4.78, 5) is 4.64. The lowest BCUT2D eigenvalue weighted by molar-refractivity contribution is 0.255. The molecule has 0 aliphatic carbocycles. The summed E-state index contributed by atoms with van der Waals surface area (Å²) in [6, 6.07) is 17.0. The zero-order chi connectivity index (χ0) is 14.7. The molecule has 0 spiro atoms. The minimum Gasteiger partial charge on any atom is -0.354 e. The number of nitrogens with zero attached hydrogens (tertiary/aromatic N) is 2. The average molecular weight is 408 g/mol. The quantitative estimate of drug-likeness (QED) is 0.706. The SMILES string of the molecule is Brc1ccc(CN2C=CN(Cc3ccc(Br)cc3)C2)cc1. The lowest BCUT2D eigenvalue weighted by Crippen LogP contribution is -2.24. The molecule has 2 aromatic carbocycles. The molecule has 0 radical (unpaired) electrons. The second kappa shape index (κ2) is 6.67. The van der Waals surface area contributed by atoms with Crippen molar-refractivity contribution in [2.24, 2.45) is 0 Å². The van der Waals surface area contributed by atoms with Crippen LogP contribution < -0.4 is 0 Å². The minimum absolute atomic E-state index is 0.937. The Labute approximate surface area is 142 Å². The lowest BCUT2D eigenvalue weighted by Gasteiger charge is -2.21. The largest absolute Gasteiger partial charge is 0.354 e. The van der Waals surface area contributed by atoms with Crippen molar-refractivity contribution in [2.45, 2.75) is 13.1 Å². The summed E-state index contributed by atoms with van der Waals surface area (Å²) in [5.41, 5.74) is 2.65. The van der Waals surface area contributed by atoms with Crippen LogP contribution in [0.2, 0.25) is 0 Å². The minimum atomic E-state index is 0.937. The summed E-state index contributed by atoms with van der Waals surface area (Å²) in [7, 11) is 0. The van der Waals surface area contributed by atoms with Gasteiger partial charge in [0.1, 0.15) is 0 Å². The molecule has 2 aromatic rings. The van der Waals surface area contributed by atoms with E-state index < -0.39 is 0 Å². The van der Waals surface area contributed by atoms with Gasteiger partial charge < -0.3 is 9.80 Å². The first-order chi connectivity index (χ1) is 10.2. The zero-order valence-electron chi connectivity index (χ0n) is 11.5. The molecule has 0 aromatic heterocycles. The molecule has 108 valence electrons. The van der Waals surface area contributed by atoms with Gasteiger partial charge >= 0.3 is 0 Å². The van der Waals surface area contributed by atoms with Crippen molar-refractivity contribution in [2.75, 3.05) is 6.67 Å². The molecule has 3 rings (SSSR count). The van der Waals surface area contributed by atoms with Crippen LogP contribution in [0.3, 0.4) is 0 Å². The van der Waals surface area contributed by atoms with E-state index in [1.807, 2.05) is 0 Å². The Morgan fingerprint density at radius 3 is 1.43 bits per heavy atom. The highest BCUT2D eigenvalue weighted by atomic mass is 79.9. The Morgan fingerprint density at radius 2 is 1.05 bits per heavy atom. The maximum absolute atomic E-state index is 3.47. The van der Waals surface area contributed by atoms with Crippen LogP contribution in [0.1, 0.15) is 11.1 Å². The van der Waals surface area contributed by atoms with Gasteiger partial charge in [-0.05, 0) is 35.4 Å². The van der Waals surface area contributed by atoms with E-state index in [1.54, 1.807) is 0 Å². The van der Waals surface area contributed by atoms with E-state index in [2.05, 4.69) is 103 Å². The summed E-state index contributed by atoms with van der Waals surface area (Å²) in [6.45, 7) is 2.83. The zero-order valence-corrected chi connectivity index (χ0v) is 14.7. The smallest absolute Gasteiger partial charge is 0.0900 e. The number of benzene rings is 2. The van der Waals surface area contributed by atoms with Crippen LogP contribution in [0.25, 0.3) is 0 Å². The molecule has 0 saturated carbocycles. The van der Waals surface area contributed by atoms with E-state index in [-0.39, 0.29) is 0 Å². The van der Waals surface area contributed by atoms with Gasteiger partial charge in [-0.2, -0.15) is 0 Å². The third kappa shape index (κ3) is 4.11. The maximum Gasteiger partial charge on any atom is 0.0900 e. The fourth-order valence-corrected chi connectivity index (χ4v) is 2.90. The third-order valence-electron chi connectivity index (χ3n) is 3.45. The van der Waals surface area contributed by atoms with Gasteiger partial charge in [0.15, 0.2) is 0 Å². The fraction of sp³-hybridized carbons (Fsp3) is 0.176. The van der Waals surface area contributed by atoms with Gasteiger partial charge in [-0.3, -0.25) is 0 Å². The van der Waals surface area contributed by atoms with E-state index in [1.165, 1.54) is 11.1 Å². The third-order valence-corrected chi connectivity index (χ3v) is 4.51. The van der Waals surface area contributed by atoms with Crippen molar-refractivity contribution in [3.05, 3.63) is 81.0 Å². The van der Waals surface area contributed by atoms with Gasteiger partial charge in [0.2, 0.25) is 0 Å². The van der Waals surface area contributed by atoms with Crippen LogP contribution in [0.4, 0.5) is 0 Å². The molecule has 0 amide bonds. The van der Waals surface area contributed by atoms with Crippen LogP contribution in [0.15, 0.2) is 69.9 Å². The average Bonchev–Trinajstić information content (AvgIpc) is 2.91. The normalized spacial score (nSPS) is 14.0. The Kier molecular flexibility index (Phi) is 4.66. The molecule has 1 aliphatic heterocycles. The van der Waals surface area contributed by atoms with Gasteiger partial charge in [0.25, 0.3) is 0 Å². The summed E-state index contributed by atoms with van der Waals surface area (Å²) in [5, 5.41) is 0. The first-order valence-corrected chi connectivity index (χ1v) is 8.43. The standard InChI is InChI=1S/C17H16Br2N2/c18-16-5-1-14(2-6-16)11-20-9-10-21(13-20)12-15-3-7-17(19)8-4-15/h1-10H,11-13H2. The van der Waals surface area contributed by atoms with Crippen LogP contribution >= 0.6 is 31.9 Å². The summed E-state index contributed by atoms with van der Waals surface area (Å²) >= 11 is 6.94. The van der Waals surface area contributed by atoms with Crippen LogP contribution in [-0.4, -0.2) is 16.5 Å². The molecular weight excluding hydrogens is 392 g/mol. The van der Waals surface area contributed by atoms with Gasteiger partial charge in [-0.1, -0.05) is 56.1 Å². The second-order valence-electron chi connectivity index (χ2n) is 5.19. The van der Waals surface area contributed by atoms with Crippen molar-refractivity contribution >= 4 is 31.9 Å². The van der Waals surface area contributed by atoms with Crippen molar-refractivity contribution in [3.63, 3.8) is 0 Å². The first kappa shape index (κ1) is 14.7. The summed E-state index contributed by atoms with van der Waals surface area (Å²) < 4.78 is 2.25. The van der Waals surface area contributed by atoms with E-state index >= 15 is 0 Å². The molecule has 0 saturated heterocycles. The van der Waals surface area contributed by atoms with Crippen LogP contribution in [-0.2, 0) is 13.1 Å². The number of hydrogen-bond donors (Lipinski definition) is 0. The highest BCUT2D eigenvalue weighted by Crippen LogP contribution is 2.18. The summed E-state index contributed by atoms with van der Waals surface area (Å²) in [6.07, 6.45) is 4.34. The van der Waals surface area contributed by atoms with Gasteiger partial charge in [-0.25, -0.2) is 0 Å². The van der Waals surface area contributed by atoms with Crippen molar-refractivity contribution in [1.82, 2.24) is 9.80 Å². The van der Waals surface area contributed by atoms with Crippen molar-refractivity contribution < 1.29 is 0 Å². The monoisotopic (exact) mass is 406 g/mol. The molecule has 0 atom stereocenters. The number of hydrogen-bond acceptors (Lipinski definition) is 2. The second-order valence-corrected chi connectivity index (χ2v) is 7.02. The predicted molar refractivity (Wildman–Crippen MR) is 93.4 cm³/mol. The topological polar surface area (TPSA) is 6.48 Å². The van der Waals surface area contributed by atoms with Gasteiger partial charge in [0, 0.05) is 34.4 Å². The molecule has 0 unspecified atom stereocenters. The van der Waals surface area contributed by atoms with E-state index in [9.17, 15) is 0 Å². The Balaban J connectivity index is 1.55. The molecule has 1 heterocycles. The lowest BCUT2D eigenvalue weighted by atomic mass is 10.2. The fourth-order valence-electron chi connectivity index (χ4n) is 2.37. The first-order valence-electron chi connectivity index (χ1n) is 6.84. The van der Waals surface area contributed by atoms with E-state index in [0.717, 1.165) is 28.7 Å². The molecule has 4 heteroatoms. The van der Waals surface area contributed by atoms with Gasteiger partial charge in [-0.15, -0.1) is 0 Å². The van der Waals surface area contributed by atoms with Crippen molar-refractivity contribution in [1.29, 1.82) is 0 Å². The molecule has 1 aliphatic rings. The number of halogens is 2. The Hall–Kier alpha value is -1.26. The molecule has 21 heavy (non-hydrogen) atoms. The van der Waals surface area contributed by atoms with Gasteiger partial charge in [0.05, 0.1) is 6.67 Å². The molecule has 0 N–H and O–H groups in total. The van der Waals surface area contributed by atoms with E-state index in [0.29, 0.717) is 0 Å². The predicted octanol–water partition coefficient (Wildman–Crippen LogP) is 4.96. The highest BCUT2D eigenvalue weighted by Gasteiger charge is 2.12. The van der Waals surface area contributed by atoms with Crippen LogP contribution in [0, 0.1) is 0 Å². The van der Waals surface area contributed by atoms with Crippen molar-refractivity contribution in [3.8, 4) is 0 Å². The maximum atomic E-state index is 3.47. The number of rotatable bonds is 4. The Morgan fingerprint density at radius 1 is 0.667 bits per heavy atom. The molecular formula is C17H16Br2N2. The Bertz CT molecular complexity index is 565.